The molecule has 2 aromatic carbocycles. The molecule has 3 N–H and O–H groups in total. The molecule has 0 aliphatic carbocycles. The second-order valence-electron chi connectivity index (χ2n) is 5.23. The zero-order chi connectivity index (χ0) is 14.7. The summed E-state index contributed by atoms with van der Waals surface area (Å²) in [4.78, 5) is 12.3. The average molecular weight is 268 g/mol. The number of carbonyl (C=O) groups excluding carboxylic acids is 1. The summed E-state index contributed by atoms with van der Waals surface area (Å²) < 4.78 is 0. The first kappa shape index (κ1) is 14.1. The number of aryl methyl sites for hydroxylation is 1. The Hall–Kier alpha value is -2.29. The first-order valence-electron chi connectivity index (χ1n) is 6.76. The molecule has 0 bridgehead atoms. The number of rotatable bonds is 3. The van der Waals surface area contributed by atoms with Crippen LogP contribution >= 0.6 is 0 Å². The first-order chi connectivity index (χ1) is 9.50. The summed E-state index contributed by atoms with van der Waals surface area (Å²) in [7, 11) is 0. The third kappa shape index (κ3) is 2.82. The minimum Gasteiger partial charge on any atom is -0.397 e. The van der Waals surface area contributed by atoms with Crippen molar-refractivity contribution in [3.05, 3.63) is 59.2 Å². The Labute approximate surface area is 119 Å². The largest absolute Gasteiger partial charge is 0.397 e. The topological polar surface area (TPSA) is 55.1 Å². The molecule has 0 spiro atoms. The van der Waals surface area contributed by atoms with Crippen LogP contribution in [0, 0.1) is 6.92 Å². The molecule has 2 aromatic rings. The van der Waals surface area contributed by atoms with Gasteiger partial charge in [0.2, 0.25) is 0 Å². The molecule has 3 nitrogen and oxygen atoms in total. The average Bonchev–Trinajstić information content (AvgIpc) is 2.41. The van der Waals surface area contributed by atoms with E-state index in [-0.39, 0.29) is 5.91 Å². The zero-order valence-corrected chi connectivity index (χ0v) is 12.1. The lowest BCUT2D eigenvalue weighted by Gasteiger charge is -2.15. The highest BCUT2D eigenvalue weighted by atomic mass is 16.1. The Morgan fingerprint density at radius 3 is 2.45 bits per heavy atom. The number of nitrogen functional groups attached to an aromatic ring is 1. The van der Waals surface area contributed by atoms with Gasteiger partial charge < -0.3 is 11.1 Å². The second kappa shape index (κ2) is 5.78. The van der Waals surface area contributed by atoms with E-state index < -0.39 is 0 Å². The Morgan fingerprint density at radius 2 is 1.80 bits per heavy atom. The van der Waals surface area contributed by atoms with Crippen LogP contribution in [0.2, 0.25) is 0 Å². The number of para-hydroxylation sites is 1. The number of benzene rings is 2. The van der Waals surface area contributed by atoms with Crippen LogP contribution in [0.25, 0.3) is 0 Å². The fourth-order valence-electron chi connectivity index (χ4n) is 2.21. The molecule has 3 heteroatoms. The van der Waals surface area contributed by atoms with Gasteiger partial charge in [0, 0.05) is 5.56 Å². The predicted octanol–water partition coefficient (Wildman–Crippen LogP) is 3.95. The Morgan fingerprint density at radius 1 is 1.10 bits per heavy atom. The van der Waals surface area contributed by atoms with Crippen LogP contribution in [0.15, 0.2) is 42.5 Å². The van der Waals surface area contributed by atoms with Gasteiger partial charge in [0.15, 0.2) is 0 Å². The highest BCUT2D eigenvalue weighted by Gasteiger charge is 2.12. The van der Waals surface area contributed by atoms with Gasteiger partial charge in [-0.1, -0.05) is 44.2 Å². The summed E-state index contributed by atoms with van der Waals surface area (Å²) in [5.41, 5.74) is 10.1. The van der Waals surface area contributed by atoms with E-state index in [0.717, 1.165) is 11.1 Å². The quantitative estimate of drug-likeness (QED) is 0.828. The molecule has 0 saturated heterocycles. The standard InChI is InChI=1S/C17H20N2O/c1-11(2)13-9-6-10-15(16(13)18)19-17(20)14-8-5-4-7-12(14)3/h4-11H,18H2,1-3H3,(H,19,20). The lowest BCUT2D eigenvalue weighted by molar-refractivity contribution is 0.102. The molecular weight excluding hydrogens is 248 g/mol. The minimum absolute atomic E-state index is 0.129. The number of carbonyl (C=O) groups is 1. The van der Waals surface area contributed by atoms with Crippen LogP contribution < -0.4 is 11.1 Å². The van der Waals surface area contributed by atoms with Crippen LogP contribution in [-0.2, 0) is 0 Å². The van der Waals surface area contributed by atoms with Crippen LogP contribution in [0.3, 0.4) is 0 Å². The van der Waals surface area contributed by atoms with Gasteiger partial charge in [0.1, 0.15) is 0 Å². The molecule has 0 aromatic heterocycles. The summed E-state index contributed by atoms with van der Waals surface area (Å²) in [6, 6.07) is 13.2. The fourth-order valence-corrected chi connectivity index (χ4v) is 2.21. The van der Waals surface area contributed by atoms with Gasteiger partial charge in [0.25, 0.3) is 5.91 Å². The number of nitrogens with two attached hydrogens (primary N) is 1. The highest BCUT2D eigenvalue weighted by molar-refractivity contribution is 6.06. The van der Waals surface area contributed by atoms with Crippen LogP contribution in [0.1, 0.15) is 41.3 Å². The molecule has 0 aliphatic heterocycles. The van der Waals surface area contributed by atoms with Gasteiger partial charge in [-0.15, -0.1) is 0 Å². The van der Waals surface area contributed by atoms with Gasteiger partial charge in [-0.3, -0.25) is 4.79 Å². The minimum atomic E-state index is -0.129. The fraction of sp³-hybridized carbons (Fsp3) is 0.235. The molecule has 0 radical (unpaired) electrons. The molecule has 0 aliphatic rings. The molecule has 0 unspecified atom stereocenters. The molecule has 0 atom stereocenters. The summed E-state index contributed by atoms with van der Waals surface area (Å²) in [5, 5.41) is 2.90. The normalized spacial score (nSPS) is 10.6. The van der Waals surface area contributed by atoms with Crippen molar-refractivity contribution in [3.8, 4) is 0 Å². The molecule has 104 valence electrons. The first-order valence-corrected chi connectivity index (χ1v) is 6.76. The van der Waals surface area contributed by atoms with E-state index in [0.29, 0.717) is 22.9 Å². The van der Waals surface area contributed by atoms with E-state index in [4.69, 9.17) is 5.73 Å². The lowest BCUT2D eigenvalue weighted by atomic mass is 10.00. The van der Waals surface area contributed by atoms with Crippen molar-refractivity contribution >= 4 is 17.3 Å². The maximum atomic E-state index is 12.3. The maximum absolute atomic E-state index is 12.3. The van der Waals surface area contributed by atoms with E-state index >= 15 is 0 Å². The van der Waals surface area contributed by atoms with E-state index in [1.165, 1.54) is 0 Å². The van der Waals surface area contributed by atoms with Gasteiger partial charge in [-0.25, -0.2) is 0 Å². The van der Waals surface area contributed by atoms with Crippen LogP contribution in [0.5, 0.6) is 0 Å². The Kier molecular flexibility index (Phi) is 4.08. The van der Waals surface area contributed by atoms with Gasteiger partial charge >= 0.3 is 0 Å². The van der Waals surface area contributed by atoms with Crippen molar-refractivity contribution in [3.63, 3.8) is 0 Å². The van der Waals surface area contributed by atoms with E-state index in [1.54, 1.807) is 0 Å². The molecule has 2 rings (SSSR count). The van der Waals surface area contributed by atoms with Gasteiger partial charge in [-0.2, -0.15) is 0 Å². The van der Waals surface area contributed by atoms with Crippen molar-refractivity contribution in [1.82, 2.24) is 0 Å². The van der Waals surface area contributed by atoms with Crippen molar-refractivity contribution in [1.29, 1.82) is 0 Å². The summed E-state index contributed by atoms with van der Waals surface area (Å²) in [5.74, 6) is 0.195. The monoisotopic (exact) mass is 268 g/mol. The second-order valence-corrected chi connectivity index (χ2v) is 5.23. The predicted molar refractivity (Wildman–Crippen MR) is 84.1 cm³/mol. The molecule has 0 heterocycles. The summed E-state index contributed by atoms with van der Waals surface area (Å²) in [6.07, 6.45) is 0. The number of amides is 1. The number of anilines is 2. The Bertz CT molecular complexity index is 633. The smallest absolute Gasteiger partial charge is 0.255 e. The zero-order valence-electron chi connectivity index (χ0n) is 12.1. The summed E-state index contributed by atoms with van der Waals surface area (Å²) in [6.45, 7) is 6.08. The van der Waals surface area contributed by atoms with Crippen LogP contribution in [0.4, 0.5) is 11.4 Å². The van der Waals surface area contributed by atoms with Gasteiger partial charge in [0.05, 0.1) is 11.4 Å². The maximum Gasteiger partial charge on any atom is 0.255 e. The van der Waals surface area contributed by atoms with E-state index in [1.807, 2.05) is 49.4 Å². The van der Waals surface area contributed by atoms with E-state index in [2.05, 4.69) is 19.2 Å². The van der Waals surface area contributed by atoms with E-state index in [9.17, 15) is 4.79 Å². The van der Waals surface area contributed by atoms with Crippen molar-refractivity contribution in [2.75, 3.05) is 11.1 Å². The number of hydrogen-bond donors (Lipinski definition) is 2. The molecule has 0 saturated carbocycles. The molecule has 0 fully saturated rings. The lowest BCUT2D eigenvalue weighted by Crippen LogP contribution is -2.15. The van der Waals surface area contributed by atoms with Crippen LogP contribution in [-0.4, -0.2) is 5.91 Å². The van der Waals surface area contributed by atoms with Crippen molar-refractivity contribution in [2.24, 2.45) is 0 Å². The van der Waals surface area contributed by atoms with Crippen molar-refractivity contribution in [2.45, 2.75) is 26.7 Å². The number of hydrogen-bond acceptors (Lipinski definition) is 2. The van der Waals surface area contributed by atoms with Gasteiger partial charge in [-0.05, 0) is 36.1 Å². The molecule has 20 heavy (non-hydrogen) atoms. The number of nitrogens with one attached hydrogen (secondary N) is 1. The SMILES string of the molecule is Cc1ccccc1C(=O)Nc1cccc(C(C)C)c1N. The third-order valence-corrected chi connectivity index (χ3v) is 3.40. The Balaban J connectivity index is 2.29. The molecular formula is C17H20N2O. The van der Waals surface area contributed by atoms with Crippen molar-refractivity contribution < 1.29 is 4.79 Å². The molecule has 1 amide bonds. The third-order valence-electron chi connectivity index (χ3n) is 3.40. The summed E-state index contributed by atoms with van der Waals surface area (Å²) >= 11 is 0. The highest BCUT2D eigenvalue weighted by Crippen LogP contribution is 2.28.